The van der Waals surface area contributed by atoms with E-state index in [0.717, 1.165) is 17.7 Å². The van der Waals surface area contributed by atoms with E-state index in [2.05, 4.69) is 16.8 Å². The second kappa shape index (κ2) is 8.46. The molecule has 0 aliphatic carbocycles. The highest BCUT2D eigenvalue weighted by Crippen LogP contribution is 2.27. The minimum Gasteiger partial charge on any atom is -0.492 e. The number of hydrogen-bond acceptors (Lipinski definition) is 5. The van der Waals surface area contributed by atoms with Crippen LogP contribution in [0.3, 0.4) is 0 Å². The lowest BCUT2D eigenvalue weighted by atomic mass is 10.3. The molecule has 7 heteroatoms. The first-order valence-corrected chi connectivity index (χ1v) is 8.46. The Morgan fingerprint density at radius 3 is 2.91 bits per heavy atom. The number of benzene rings is 1. The molecule has 0 amide bonds. The van der Waals surface area contributed by atoms with Crippen molar-refractivity contribution in [2.24, 2.45) is 0 Å². The molecule has 0 spiro atoms. The number of nitrogens with zero attached hydrogens (tertiary/aromatic N) is 2. The summed E-state index contributed by atoms with van der Waals surface area (Å²) in [6.45, 7) is 6.31. The van der Waals surface area contributed by atoms with E-state index in [-0.39, 0.29) is 0 Å². The van der Waals surface area contributed by atoms with Gasteiger partial charge >= 0.3 is 0 Å². The normalized spacial score (nSPS) is 10.7. The number of rotatable bonds is 8. The third kappa shape index (κ3) is 5.55. The van der Waals surface area contributed by atoms with E-state index in [1.165, 1.54) is 11.8 Å². The van der Waals surface area contributed by atoms with Crippen molar-refractivity contribution < 1.29 is 9.15 Å². The molecule has 0 saturated heterocycles. The molecule has 0 saturated carbocycles. The zero-order valence-electron chi connectivity index (χ0n) is 12.1. The summed E-state index contributed by atoms with van der Waals surface area (Å²) in [5.74, 6) is 2.00. The molecule has 1 aromatic carbocycles. The average Bonchev–Trinajstić information content (AvgIpc) is 2.91. The van der Waals surface area contributed by atoms with E-state index in [0.29, 0.717) is 39.9 Å². The molecule has 118 valence electrons. The maximum Gasteiger partial charge on any atom is 0.276 e. The van der Waals surface area contributed by atoms with Crippen LogP contribution in [-0.2, 0) is 6.42 Å². The Kier molecular flexibility index (Phi) is 6.61. The first-order chi connectivity index (χ1) is 10.5. The SMILES string of the molecule is C=C(C)CSc1nnc(CCCOc2ccc(Cl)cc2Cl)o1. The van der Waals surface area contributed by atoms with Crippen LogP contribution in [0.5, 0.6) is 5.75 Å². The minimum atomic E-state index is 0.503. The van der Waals surface area contributed by atoms with E-state index in [9.17, 15) is 0 Å². The molecule has 22 heavy (non-hydrogen) atoms. The molecule has 0 aliphatic rings. The number of hydrogen-bond donors (Lipinski definition) is 0. The smallest absolute Gasteiger partial charge is 0.276 e. The first kappa shape index (κ1) is 17.2. The molecular formula is C15H16Cl2N2O2S. The number of halogens is 2. The highest BCUT2D eigenvalue weighted by Gasteiger charge is 2.07. The third-order valence-corrected chi connectivity index (χ3v) is 4.16. The summed E-state index contributed by atoms with van der Waals surface area (Å²) in [6, 6.07) is 5.15. The Balaban J connectivity index is 1.73. The molecule has 0 radical (unpaired) electrons. The summed E-state index contributed by atoms with van der Waals surface area (Å²) in [4.78, 5) is 0. The molecule has 0 fully saturated rings. The molecule has 2 aromatic rings. The molecule has 0 unspecified atom stereocenters. The molecular weight excluding hydrogens is 343 g/mol. The van der Waals surface area contributed by atoms with Gasteiger partial charge in [0.2, 0.25) is 5.89 Å². The van der Waals surface area contributed by atoms with E-state index >= 15 is 0 Å². The lowest BCUT2D eigenvalue weighted by molar-refractivity contribution is 0.302. The molecule has 2 rings (SSSR count). The van der Waals surface area contributed by atoms with Crippen LogP contribution in [0.2, 0.25) is 10.0 Å². The number of aryl methyl sites for hydroxylation is 1. The Labute approximate surface area is 143 Å². The maximum absolute atomic E-state index is 6.03. The average molecular weight is 359 g/mol. The van der Waals surface area contributed by atoms with Crippen molar-refractivity contribution in [1.82, 2.24) is 10.2 Å². The summed E-state index contributed by atoms with van der Waals surface area (Å²) >= 11 is 13.3. The third-order valence-electron chi connectivity index (χ3n) is 2.58. The molecule has 1 aromatic heterocycles. The van der Waals surface area contributed by atoms with Gasteiger partial charge in [0.15, 0.2) is 0 Å². The van der Waals surface area contributed by atoms with Crippen molar-refractivity contribution in [3.8, 4) is 5.75 Å². The van der Waals surface area contributed by atoms with Gasteiger partial charge in [0.25, 0.3) is 5.22 Å². The number of ether oxygens (including phenoxy) is 1. The summed E-state index contributed by atoms with van der Waals surface area (Å²) in [5, 5.41) is 9.64. The fourth-order valence-electron chi connectivity index (χ4n) is 1.58. The van der Waals surface area contributed by atoms with Crippen molar-refractivity contribution >= 4 is 35.0 Å². The molecule has 0 aliphatic heterocycles. The lowest BCUT2D eigenvalue weighted by Gasteiger charge is -2.07. The van der Waals surface area contributed by atoms with Gasteiger partial charge in [-0.1, -0.05) is 47.1 Å². The predicted molar refractivity (Wildman–Crippen MR) is 90.1 cm³/mol. The Hall–Kier alpha value is -1.17. The predicted octanol–water partition coefficient (Wildman–Crippen LogP) is 5.06. The van der Waals surface area contributed by atoms with Crippen molar-refractivity contribution in [2.75, 3.05) is 12.4 Å². The largest absolute Gasteiger partial charge is 0.492 e. The van der Waals surface area contributed by atoms with Crippen molar-refractivity contribution in [3.05, 3.63) is 46.3 Å². The van der Waals surface area contributed by atoms with Crippen LogP contribution in [0.25, 0.3) is 0 Å². The quantitative estimate of drug-likeness (QED) is 0.375. The highest BCUT2D eigenvalue weighted by atomic mass is 35.5. The van der Waals surface area contributed by atoms with Gasteiger partial charge in [0.05, 0.1) is 11.6 Å². The van der Waals surface area contributed by atoms with E-state index in [1.54, 1.807) is 18.2 Å². The molecule has 0 atom stereocenters. The second-order valence-electron chi connectivity index (χ2n) is 4.73. The fraction of sp³-hybridized carbons (Fsp3) is 0.333. The van der Waals surface area contributed by atoms with E-state index < -0.39 is 0 Å². The van der Waals surface area contributed by atoms with Crippen LogP contribution in [0.1, 0.15) is 19.2 Å². The van der Waals surface area contributed by atoms with E-state index in [1.807, 2.05) is 6.92 Å². The maximum atomic E-state index is 6.03. The van der Waals surface area contributed by atoms with Gasteiger partial charge in [0, 0.05) is 17.2 Å². The molecule has 1 heterocycles. The molecule has 0 N–H and O–H groups in total. The lowest BCUT2D eigenvalue weighted by Crippen LogP contribution is -2.00. The van der Waals surface area contributed by atoms with Crippen LogP contribution in [0.4, 0.5) is 0 Å². The van der Waals surface area contributed by atoms with Crippen molar-refractivity contribution in [3.63, 3.8) is 0 Å². The van der Waals surface area contributed by atoms with Gasteiger partial charge in [-0.25, -0.2) is 0 Å². The van der Waals surface area contributed by atoms with Crippen LogP contribution in [0.15, 0.2) is 40.0 Å². The number of thioether (sulfide) groups is 1. The topological polar surface area (TPSA) is 48.2 Å². The van der Waals surface area contributed by atoms with Crippen LogP contribution in [-0.4, -0.2) is 22.6 Å². The first-order valence-electron chi connectivity index (χ1n) is 6.72. The van der Waals surface area contributed by atoms with Gasteiger partial charge < -0.3 is 9.15 Å². The van der Waals surface area contributed by atoms with Crippen molar-refractivity contribution in [2.45, 2.75) is 25.0 Å². The van der Waals surface area contributed by atoms with Gasteiger partial charge in [-0.05, 0) is 31.5 Å². The molecule has 0 bridgehead atoms. The van der Waals surface area contributed by atoms with Gasteiger partial charge in [-0.3, -0.25) is 0 Å². The zero-order valence-corrected chi connectivity index (χ0v) is 14.5. The summed E-state index contributed by atoms with van der Waals surface area (Å²) in [7, 11) is 0. The minimum absolute atomic E-state index is 0.503. The Bertz CT molecular complexity index is 646. The standard InChI is InChI=1S/C15H16Cl2N2O2S/c1-10(2)9-22-15-19-18-14(21-15)4-3-7-20-13-6-5-11(16)8-12(13)17/h5-6,8H,1,3-4,7,9H2,2H3. The van der Waals surface area contributed by atoms with E-state index in [4.69, 9.17) is 32.4 Å². The Morgan fingerprint density at radius 2 is 2.18 bits per heavy atom. The highest BCUT2D eigenvalue weighted by molar-refractivity contribution is 7.99. The fourth-order valence-corrected chi connectivity index (χ4v) is 2.67. The summed E-state index contributed by atoms with van der Waals surface area (Å²) < 4.78 is 11.1. The second-order valence-corrected chi connectivity index (χ2v) is 6.50. The van der Waals surface area contributed by atoms with Gasteiger partial charge in [-0.15, -0.1) is 10.2 Å². The van der Waals surface area contributed by atoms with Crippen LogP contribution >= 0.6 is 35.0 Å². The monoisotopic (exact) mass is 358 g/mol. The van der Waals surface area contributed by atoms with Crippen LogP contribution < -0.4 is 4.74 Å². The van der Waals surface area contributed by atoms with Gasteiger partial charge in [-0.2, -0.15) is 0 Å². The summed E-state index contributed by atoms with van der Waals surface area (Å²) in [5.41, 5.74) is 1.07. The number of aromatic nitrogens is 2. The van der Waals surface area contributed by atoms with Gasteiger partial charge in [0.1, 0.15) is 5.75 Å². The summed E-state index contributed by atoms with van der Waals surface area (Å²) in [6.07, 6.45) is 1.41. The Morgan fingerprint density at radius 1 is 1.36 bits per heavy atom. The van der Waals surface area contributed by atoms with Crippen LogP contribution in [0, 0.1) is 0 Å². The molecule has 4 nitrogen and oxygen atoms in total. The van der Waals surface area contributed by atoms with Crippen molar-refractivity contribution in [1.29, 1.82) is 0 Å². The zero-order chi connectivity index (χ0) is 15.9.